The number of hydrogen-bond acceptors (Lipinski definition) is 2. The van der Waals surface area contributed by atoms with E-state index in [9.17, 15) is 18.4 Å². The predicted octanol–water partition coefficient (Wildman–Crippen LogP) is 5.21. The molecule has 0 atom stereocenters. The topological polar surface area (TPSA) is 33.0 Å². The molecule has 2 aromatic rings. The zero-order valence-electron chi connectivity index (χ0n) is 12.9. The van der Waals surface area contributed by atoms with Crippen molar-refractivity contribution < 1.29 is 17.9 Å². The van der Waals surface area contributed by atoms with Crippen molar-refractivity contribution in [3.8, 4) is 22.9 Å². The lowest BCUT2D eigenvalue weighted by molar-refractivity contribution is -0.138. The Morgan fingerprint density at radius 3 is 2.35 bits per heavy atom. The number of ether oxygens (including phenoxy) is 1. The molecule has 0 amide bonds. The lowest BCUT2D eigenvalue weighted by Crippen LogP contribution is -2.11. The van der Waals surface area contributed by atoms with Gasteiger partial charge in [0.1, 0.15) is 11.8 Å². The summed E-state index contributed by atoms with van der Waals surface area (Å²) in [4.78, 5) is 0. The van der Waals surface area contributed by atoms with Crippen molar-refractivity contribution in [3.05, 3.63) is 53.1 Å². The van der Waals surface area contributed by atoms with E-state index >= 15 is 0 Å². The Morgan fingerprint density at radius 1 is 1.09 bits per heavy atom. The first-order chi connectivity index (χ1) is 10.9. The van der Waals surface area contributed by atoms with E-state index in [0.717, 1.165) is 6.07 Å². The zero-order chi connectivity index (χ0) is 17.0. The summed E-state index contributed by atoms with van der Waals surface area (Å²) in [6, 6.07) is 11.3. The van der Waals surface area contributed by atoms with Crippen molar-refractivity contribution in [1.82, 2.24) is 0 Å². The molecule has 2 aromatic carbocycles. The van der Waals surface area contributed by atoms with Crippen molar-refractivity contribution in [2.75, 3.05) is 7.11 Å². The Kier molecular flexibility index (Phi) is 4.95. The maximum Gasteiger partial charge on any atom is 0.416 e. The maximum absolute atomic E-state index is 13.2. The molecule has 0 aliphatic heterocycles. The first-order valence-corrected chi connectivity index (χ1v) is 7.20. The number of alkyl halides is 3. The van der Waals surface area contributed by atoms with Gasteiger partial charge in [-0.2, -0.15) is 18.4 Å². The lowest BCUT2D eigenvalue weighted by atomic mass is 9.90. The highest BCUT2D eigenvalue weighted by molar-refractivity contribution is 5.77. The van der Waals surface area contributed by atoms with Gasteiger partial charge in [0.05, 0.1) is 18.2 Å². The molecule has 0 fully saturated rings. The van der Waals surface area contributed by atoms with Gasteiger partial charge in [-0.15, -0.1) is 0 Å². The number of rotatable bonds is 4. The zero-order valence-corrected chi connectivity index (χ0v) is 12.9. The van der Waals surface area contributed by atoms with E-state index < -0.39 is 11.7 Å². The second kappa shape index (κ2) is 6.74. The molecule has 0 N–H and O–H groups in total. The summed E-state index contributed by atoms with van der Waals surface area (Å²) < 4.78 is 45.0. The molecule has 23 heavy (non-hydrogen) atoms. The first-order valence-electron chi connectivity index (χ1n) is 7.20. The molecule has 5 heteroatoms. The summed E-state index contributed by atoms with van der Waals surface area (Å²) in [5.41, 5.74) is 0.436. The number of benzene rings is 2. The van der Waals surface area contributed by atoms with Crippen LogP contribution in [0.1, 0.15) is 30.0 Å². The third kappa shape index (κ3) is 3.31. The van der Waals surface area contributed by atoms with Crippen LogP contribution in [-0.2, 0) is 12.6 Å². The number of halogens is 3. The standard InChI is InChI=1S/C18H16F3NO/c1-3-6-13-15(11-22)12(9-10-16(13)18(19,20)21)14-7-4-5-8-17(14)23-2/h4-5,7-10H,3,6H2,1-2H3. The monoisotopic (exact) mass is 319 g/mol. The van der Waals surface area contributed by atoms with Crippen LogP contribution in [-0.4, -0.2) is 7.11 Å². The first kappa shape index (κ1) is 16.9. The Hall–Kier alpha value is -2.48. The molecule has 0 aromatic heterocycles. The van der Waals surface area contributed by atoms with Crippen LogP contribution in [0.25, 0.3) is 11.1 Å². The van der Waals surface area contributed by atoms with Gasteiger partial charge in [0.15, 0.2) is 0 Å². The maximum atomic E-state index is 13.2. The highest BCUT2D eigenvalue weighted by Crippen LogP contribution is 2.39. The largest absolute Gasteiger partial charge is 0.496 e. The summed E-state index contributed by atoms with van der Waals surface area (Å²) in [5.74, 6) is 0.520. The molecule has 0 bridgehead atoms. The molecular weight excluding hydrogens is 303 g/mol. The summed E-state index contributed by atoms with van der Waals surface area (Å²) >= 11 is 0. The van der Waals surface area contributed by atoms with Crippen LogP contribution in [0.15, 0.2) is 36.4 Å². The van der Waals surface area contributed by atoms with E-state index in [1.54, 1.807) is 31.2 Å². The van der Waals surface area contributed by atoms with Crippen molar-refractivity contribution in [1.29, 1.82) is 5.26 Å². The Labute approximate surface area is 133 Å². The van der Waals surface area contributed by atoms with E-state index in [1.165, 1.54) is 13.2 Å². The molecule has 0 aliphatic rings. The highest BCUT2D eigenvalue weighted by atomic mass is 19.4. The minimum absolute atomic E-state index is 0.0471. The molecule has 0 aliphatic carbocycles. The van der Waals surface area contributed by atoms with Gasteiger partial charge >= 0.3 is 6.18 Å². The smallest absolute Gasteiger partial charge is 0.416 e. The number of nitriles is 1. The molecule has 2 rings (SSSR count). The highest BCUT2D eigenvalue weighted by Gasteiger charge is 2.35. The van der Waals surface area contributed by atoms with E-state index in [0.29, 0.717) is 23.3 Å². The third-order valence-electron chi connectivity index (χ3n) is 3.63. The van der Waals surface area contributed by atoms with Gasteiger partial charge in [-0.3, -0.25) is 0 Å². The second-order valence-electron chi connectivity index (χ2n) is 5.07. The van der Waals surface area contributed by atoms with E-state index in [2.05, 4.69) is 0 Å². The van der Waals surface area contributed by atoms with Crippen LogP contribution < -0.4 is 4.74 Å². The molecule has 0 heterocycles. The number of methoxy groups -OCH3 is 1. The van der Waals surface area contributed by atoms with Crippen LogP contribution in [0.5, 0.6) is 5.75 Å². The molecule has 0 unspecified atom stereocenters. The third-order valence-corrected chi connectivity index (χ3v) is 3.63. The normalized spacial score (nSPS) is 11.1. The fraction of sp³-hybridized carbons (Fsp3) is 0.278. The van der Waals surface area contributed by atoms with Crippen molar-refractivity contribution >= 4 is 0 Å². The number of para-hydroxylation sites is 1. The summed E-state index contributed by atoms with van der Waals surface area (Å²) in [6.07, 6.45) is -3.76. The summed E-state index contributed by atoms with van der Waals surface area (Å²) in [6.45, 7) is 1.79. The van der Waals surface area contributed by atoms with Gasteiger partial charge in [0.2, 0.25) is 0 Å². The van der Waals surface area contributed by atoms with Crippen molar-refractivity contribution in [2.24, 2.45) is 0 Å². The van der Waals surface area contributed by atoms with Crippen LogP contribution in [0.3, 0.4) is 0 Å². The van der Waals surface area contributed by atoms with Crippen LogP contribution in [0.2, 0.25) is 0 Å². The second-order valence-corrected chi connectivity index (χ2v) is 5.07. The SMILES string of the molecule is CCCc1c(C(F)(F)F)ccc(-c2ccccc2OC)c1C#N. The van der Waals surface area contributed by atoms with Gasteiger partial charge in [0, 0.05) is 11.1 Å². The fourth-order valence-electron chi connectivity index (χ4n) is 2.64. The van der Waals surface area contributed by atoms with E-state index in [1.807, 2.05) is 6.07 Å². The van der Waals surface area contributed by atoms with Crippen molar-refractivity contribution in [3.63, 3.8) is 0 Å². The molecule has 0 saturated heterocycles. The van der Waals surface area contributed by atoms with Gasteiger partial charge in [0.25, 0.3) is 0 Å². The molecule has 2 nitrogen and oxygen atoms in total. The Bertz CT molecular complexity index is 745. The van der Waals surface area contributed by atoms with Crippen LogP contribution >= 0.6 is 0 Å². The number of nitrogens with zero attached hydrogens (tertiary/aromatic N) is 1. The van der Waals surface area contributed by atoms with Crippen LogP contribution in [0, 0.1) is 11.3 Å². The quantitative estimate of drug-likeness (QED) is 0.775. The average Bonchev–Trinajstić information content (AvgIpc) is 2.53. The molecule has 120 valence electrons. The van der Waals surface area contributed by atoms with E-state index in [-0.39, 0.29) is 17.5 Å². The molecular formula is C18H16F3NO. The lowest BCUT2D eigenvalue weighted by Gasteiger charge is -2.17. The minimum Gasteiger partial charge on any atom is -0.496 e. The molecule has 0 spiro atoms. The molecule has 0 radical (unpaired) electrons. The van der Waals surface area contributed by atoms with E-state index in [4.69, 9.17) is 4.74 Å². The fourth-order valence-corrected chi connectivity index (χ4v) is 2.64. The minimum atomic E-state index is -4.48. The van der Waals surface area contributed by atoms with Gasteiger partial charge in [-0.25, -0.2) is 0 Å². The average molecular weight is 319 g/mol. The summed E-state index contributed by atoms with van der Waals surface area (Å²) in [7, 11) is 1.49. The van der Waals surface area contributed by atoms with Crippen LogP contribution in [0.4, 0.5) is 13.2 Å². The van der Waals surface area contributed by atoms with Gasteiger partial charge in [-0.1, -0.05) is 37.6 Å². The summed E-state index contributed by atoms with van der Waals surface area (Å²) in [5, 5.41) is 9.48. The Morgan fingerprint density at radius 2 is 1.78 bits per heavy atom. The Balaban J connectivity index is 2.77. The predicted molar refractivity (Wildman–Crippen MR) is 82.1 cm³/mol. The van der Waals surface area contributed by atoms with Gasteiger partial charge < -0.3 is 4.74 Å². The molecule has 0 saturated carbocycles. The van der Waals surface area contributed by atoms with Crippen molar-refractivity contribution in [2.45, 2.75) is 25.9 Å². The number of hydrogen-bond donors (Lipinski definition) is 0. The van der Waals surface area contributed by atoms with Gasteiger partial charge in [-0.05, 0) is 24.1 Å².